The lowest BCUT2D eigenvalue weighted by molar-refractivity contribution is -0.255. The topological polar surface area (TPSA) is 43.4 Å². The quantitative estimate of drug-likeness (QED) is 0.745. The first-order valence-electron chi connectivity index (χ1n) is 8.20. The van der Waals surface area contributed by atoms with Crippen LogP contribution in [0.5, 0.6) is 0 Å². The molecule has 2 aliphatic heterocycles. The number of rotatable bonds is 1. The summed E-state index contributed by atoms with van der Waals surface area (Å²) in [5.74, 6) is 0.846. The van der Waals surface area contributed by atoms with E-state index in [9.17, 15) is 9.90 Å². The highest BCUT2D eigenvalue weighted by atomic mass is 16.4. The van der Waals surface area contributed by atoms with Crippen molar-refractivity contribution in [2.24, 2.45) is 11.8 Å². The van der Waals surface area contributed by atoms with Gasteiger partial charge in [-0.2, -0.15) is 0 Å². The predicted octanol–water partition coefficient (Wildman–Crippen LogP) is 2.20. The molecule has 0 amide bonds. The van der Waals surface area contributed by atoms with E-state index in [0.29, 0.717) is 23.3 Å². The molecular weight excluding hydrogens is 274 g/mol. The molecule has 1 aromatic rings. The fourth-order valence-corrected chi connectivity index (χ4v) is 5.06. The van der Waals surface area contributed by atoms with Crippen molar-refractivity contribution in [2.45, 2.75) is 24.7 Å². The lowest BCUT2D eigenvalue weighted by Crippen LogP contribution is -2.44. The van der Waals surface area contributed by atoms with E-state index < -0.39 is 5.97 Å². The van der Waals surface area contributed by atoms with Gasteiger partial charge in [-0.25, -0.2) is 0 Å². The SMILES string of the molecule is O=C([O-])c1ccc2c3c1C1C=CCC1CN3CC1CC=CC21. The van der Waals surface area contributed by atoms with Crippen molar-refractivity contribution >= 4 is 11.7 Å². The molecule has 0 fully saturated rings. The molecule has 3 nitrogen and oxygen atoms in total. The Hall–Kier alpha value is -2.03. The molecule has 112 valence electrons. The highest BCUT2D eigenvalue weighted by molar-refractivity contribution is 5.92. The summed E-state index contributed by atoms with van der Waals surface area (Å²) in [6.07, 6.45) is 11.2. The zero-order valence-electron chi connectivity index (χ0n) is 12.4. The molecular formula is C19H18NO2-. The van der Waals surface area contributed by atoms with E-state index in [4.69, 9.17) is 0 Å². The summed E-state index contributed by atoms with van der Waals surface area (Å²) in [5.41, 5.74) is 3.93. The zero-order valence-corrected chi connectivity index (χ0v) is 12.4. The number of allylic oxidation sites excluding steroid dienone is 4. The van der Waals surface area contributed by atoms with Crippen LogP contribution < -0.4 is 10.0 Å². The molecule has 0 radical (unpaired) electrons. The number of hydrogen-bond donors (Lipinski definition) is 0. The Balaban J connectivity index is 1.78. The van der Waals surface area contributed by atoms with E-state index in [1.165, 1.54) is 11.3 Å². The van der Waals surface area contributed by atoms with Gasteiger partial charge in [0.1, 0.15) is 0 Å². The van der Waals surface area contributed by atoms with Crippen molar-refractivity contribution < 1.29 is 9.90 Å². The van der Waals surface area contributed by atoms with Crippen LogP contribution in [0.25, 0.3) is 0 Å². The maximum atomic E-state index is 11.6. The van der Waals surface area contributed by atoms with Crippen molar-refractivity contribution in [1.29, 1.82) is 0 Å². The number of benzene rings is 1. The van der Waals surface area contributed by atoms with Gasteiger partial charge in [-0.05, 0) is 35.8 Å². The molecule has 0 aromatic heterocycles. The first-order valence-corrected chi connectivity index (χ1v) is 8.20. The minimum Gasteiger partial charge on any atom is -0.545 e. The summed E-state index contributed by atoms with van der Waals surface area (Å²) in [7, 11) is 0. The molecule has 0 bridgehead atoms. The highest BCUT2D eigenvalue weighted by Crippen LogP contribution is 2.53. The zero-order chi connectivity index (χ0) is 14.8. The van der Waals surface area contributed by atoms with Gasteiger partial charge < -0.3 is 14.8 Å². The van der Waals surface area contributed by atoms with Gasteiger partial charge in [0.25, 0.3) is 0 Å². The monoisotopic (exact) mass is 292 g/mol. The molecule has 2 heterocycles. The van der Waals surface area contributed by atoms with Gasteiger partial charge in [0, 0.05) is 36.2 Å². The molecule has 3 heteroatoms. The molecule has 0 saturated heterocycles. The third kappa shape index (κ3) is 1.49. The Bertz CT molecular complexity index is 731. The number of anilines is 1. The normalized spacial score (nSPS) is 33.5. The molecule has 0 saturated carbocycles. The number of hydrogen-bond acceptors (Lipinski definition) is 3. The van der Waals surface area contributed by atoms with E-state index in [1.807, 2.05) is 6.07 Å². The molecule has 22 heavy (non-hydrogen) atoms. The van der Waals surface area contributed by atoms with Gasteiger partial charge in [-0.3, -0.25) is 0 Å². The van der Waals surface area contributed by atoms with Crippen LogP contribution in [0.2, 0.25) is 0 Å². The largest absolute Gasteiger partial charge is 0.545 e. The summed E-state index contributed by atoms with van der Waals surface area (Å²) < 4.78 is 0. The number of carboxylic acid groups (broad SMARTS) is 1. The molecule has 1 aromatic carbocycles. The van der Waals surface area contributed by atoms with E-state index in [2.05, 4.69) is 29.2 Å². The fourth-order valence-electron chi connectivity index (χ4n) is 5.06. The summed E-state index contributed by atoms with van der Waals surface area (Å²) >= 11 is 0. The minimum absolute atomic E-state index is 0.251. The molecule has 5 rings (SSSR count). The fraction of sp³-hybridized carbons (Fsp3) is 0.421. The highest BCUT2D eigenvalue weighted by Gasteiger charge is 2.43. The first kappa shape index (κ1) is 12.5. The summed E-state index contributed by atoms with van der Waals surface area (Å²) in [6.45, 7) is 2.11. The standard InChI is InChI=1S/C19H19NO2/c21-19(22)16-8-7-15-13-5-1-3-11(13)9-20-10-12-4-2-6-14(12)17(16)18(15)20/h1-2,5-8,11-14H,3-4,9-10H2,(H,21,22)/p-1. The second-order valence-electron chi connectivity index (χ2n) is 7.06. The minimum atomic E-state index is -1.04. The Morgan fingerprint density at radius 1 is 1.05 bits per heavy atom. The summed E-state index contributed by atoms with van der Waals surface area (Å²) in [4.78, 5) is 14.1. The number of carboxylic acids is 1. The van der Waals surface area contributed by atoms with Crippen LogP contribution in [-0.2, 0) is 0 Å². The van der Waals surface area contributed by atoms with E-state index in [0.717, 1.165) is 31.5 Å². The van der Waals surface area contributed by atoms with Crippen molar-refractivity contribution in [3.63, 3.8) is 0 Å². The lowest BCUT2D eigenvalue weighted by atomic mass is 9.74. The number of carbonyl (C=O) groups is 1. The molecule has 0 spiro atoms. The third-order valence-corrected chi connectivity index (χ3v) is 5.97. The molecule has 2 aliphatic carbocycles. The Labute approximate surface area is 129 Å². The van der Waals surface area contributed by atoms with Crippen molar-refractivity contribution in [2.75, 3.05) is 18.0 Å². The van der Waals surface area contributed by atoms with Gasteiger partial charge in [0.2, 0.25) is 0 Å². The Morgan fingerprint density at radius 3 is 2.45 bits per heavy atom. The van der Waals surface area contributed by atoms with Crippen molar-refractivity contribution in [3.8, 4) is 0 Å². The van der Waals surface area contributed by atoms with E-state index >= 15 is 0 Å². The van der Waals surface area contributed by atoms with E-state index in [1.54, 1.807) is 6.07 Å². The van der Waals surface area contributed by atoms with Gasteiger partial charge in [-0.15, -0.1) is 0 Å². The molecule has 4 atom stereocenters. The van der Waals surface area contributed by atoms with Crippen LogP contribution in [-0.4, -0.2) is 19.1 Å². The Kier molecular flexibility index (Phi) is 2.42. The Morgan fingerprint density at radius 2 is 1.73 bits per heavy atom. The smallest absolute Gasteiger partial charge is 0.0719 e. The molecule has 4 aliphatic rings. The van der Waals surface area contributed by atoms with Crippen LogP contribution in [0.3, 0.4) is 0 Å². The number of fused-ring (bicyclic) bond motifs is 4. The lowest BCUT2D eigenvalue weighted by Gasteiger charge is -2.46. The maximum absolute atomic E-state index is 11.6. The van der Waals surface area contributed by atoms with Crippen LogP contribution in [0.1, 0.15) is 46.2 Å². The predicted molar refractivity (Wildman–Crippen MR) is 83.0 cm³/mol. The summed E-state index contributed by atoms with van der Waals surface area (Å²) in [6, 6.07) is 3.81. The van der Waals surface area contributed by atoms with Crippen LogP contribution in [0.4, 0.5) is 5.69 Å². The molecule has 0 N–H and O–H groups in total. The van der Waals surface area contributed by atoms with Crippen LogP contribution in [0, 0.1) is 11.8 Å². The van der Waals surface area contributed by atoms with Crippen molar-refractivity contribution in [1.82, 2.24) is 0 Å². The maximum Gasteiger partial charge on any atom is 0.0719 e. The van der Waals surface area contributed by atoms with Gasteiger partial charge in [0.05, 0.1) is 5.97 Å². The number of aromatic carboxylic acids is 1. The average Bonchev–Trinajstić information content (AvgIpc) is 3.15. The third-order valence-electron chi connectivity index (χ3n) is 5.97. The number of nitrogens with zero attached hydrogens (tertiary/aromatic N) is 1. The second kappa shape index (κ2) is 4.25. The van der Waals surface area contributed by atoms with E-state index in [-0.39, 0.29) is 5.92 Å². The summed E-state index contributed by atoms with van der Waals surface area (Å²) in [5, 5.41) is 11.6. The van der Waals surface area contributed by atoms with Crippen LogP contribution >= 0.6 is 0 Å². The molecule has 4 unspecified atom stereocenters. The first-order chi connectivity index (χ1) is 10.7. The van der Waals surface area contributed by atoms with Gasteiger partial charge in [0.15, 0.2) is 0 Å². The second-order valence-corrected chi connectivity index (χ2v) is 7.06. The van der Waals surface area contributed by atoms with Crippen LogP contribution in [0.15, 0.2) is 36.4 Å². The van der Waals surface area contributed by atoms with Gasteiger partial charge in [-0.1, -0.05) is 36.4 Å². The average molecular weight is 292 g/mol. The number of carbonyl (C=O) groups excluding carboxylic acids is 1. The van der Waals surface area contributed by atoms with Gasteiger partial charge >= 0.3 is 0 Å². The van der Waals surface area contributed by atoms with Crippen molar-refractivity contribution in [3.05, 3.63) is 53.1 Å².